The molecule has 8 heteroatoms. The van der Waals surface area contributed by atoms with Crippen molar-refractivity contribution in [3.8, 4) is 16.9 Å². The van der Waals surface area contributed by atoms with Crippen LogP contribution in [0.1, 0.15) is 36.0 Å². The van der Waals surface area contributed by atoms with Crippen molar-refractivity contribution in [1.29, 1.82) is 0 Å². The fourth-order valence-corrected chi connectivity index (χ4v) is 4.46. The molecule has 0 bridgehead atoms. The second kappa shape index (κ2) is 10.3. The molecule has 156 valence electrons. The smallest absolute Gasteiger partial charge is 0.319 e. The zero-order chi connectivity index (χ0) is 20.6. The largest absolute Gasteiger partial charge is 0.497 e. The number of methoxy groups -OCH3 is 1. The minimum absolute atomic E-state index is 0.322. The Labute approximate surface area is 175 Å². The van der Waals surface area contributed by atoms with Crippen molar-refractivity contribution in [2.24, 2.45) is 5.73 Å². The Hall–Kier alpha value is -2.58. The van der Waals surface area contributed by atoms with Crippen LogP contribution in [0.4, 0.5) is 9.80 Å². The average molecular weight is 417 g/mol. The van der Waals surface area contributed by atoms with Gasteiger partial charge in [0.05, 0.1) is 12.7 Å². The van der Waals surface area contributed by atoms with Gasteiger partial charge in [-0.3, -0.25) is 10.1 Å². The van der Waals surface area contributed by atoms with Gasteiger partial charge in [-0.2, -0.15) is 0 Å². The highest BCUT2D eigenvalue weighted by molar-refractivity contribution is 7.15. The molecule has 1 aliphatic rings. The highest BCUT2D eigenvalue weighted by Gasteiger charge is 2.19. The van der Waals surface area contributed by atoms with E-state index in [0.717, 1.165) is 30.7 Å². The lowest BCUT2D eigenvalue weighted by atomic mass is 10.0. The summed E-state index contributed by atoms with van der Waals surface area (Å²) in [6, 6.07) is 7.03. The maximum absolute atomic E-state index is 12.2. The third-order valence-corrected chi connectivity index (χ3v) is 5.95. The lowest BCUT2D eigenvalue weighted by Crippen LogP contribution is -2.30. The molecule has 0 saturated carbocycles. The van der Waals surface area contributed by atoms with E-state index in [0.29, 0.717) is 22.7 Å². The summed E-state index contributed by atoms with van der Waals surface area (Å²) in [6.07, 6.45) is 4.58. The zero-order valence-corrected chi connectivity index (χ0v) is 17.5. The summed E-state index contributed by atoms with van der Waals surface area (Å²) in [5.74, 6) is 0.157. The van der Waals surface area contributed by atoms with Crippen molar-refractivity contribution >= 4 is 28.3 Å². The van der Waals surface area contributed by atoms with Gasteiger partial charge in [-0.15, -0.1) is 11.3 Å². The molecule has 0 spiro atoms. The van der Waals surface area contributed by atoms with Crippen LogP contribution in [0.25, 0.3) is 11.1 Å². The van der Waals surface area contributed by atoms with Gasteiger partial charge in [0.15, 0.2) is 0 Å². The van der Waals surface area contributed by atoms with Crippen LogP contribution >= 0.6 is 11.3 Å². The number of ether oxygens (including phenoxy) is 1. The monoisotopic (exact) mass is 416 g/mol. The Morgan fingerprint density at radius 2 is 1.90 bits per heavy atom. The van der Waals surface area contributed by atoms with Gasteiger partial charge in [-0.1, -0.05) is 12.1 Å². The molecule has 1 fully saturated rings. The highest BCUT2D eigenvalue weighted by Crippen LogP contribution is 2.35. The van der Waals surface area contributed by atoms with Crippen molar-refractivity contribution < 1.29 is 14.3 Å². The van der Waals surface area contributed by atoms with Crippen molar-refractivity contribution in [3.05, 3.63) is 35.2 Å². The van der Waals surface area contributed by atoms with E-state index in [9.17, 15) is 9.59 Å². The van der Waals surface area contributed by atoms with Gasteiger partial charge in [0.25, 0.3) is 5.91 Å². The average Bonchev–Trinajstić information content (AvgIpc) is 3.37. The number of unbranched alkanes of at least 4 members (excludes halogenated alkanes) is 1. The van der Waals surface area contributed by atoms with E-state index in [1.807, 2.05) is 29.6 Å². The van der Waals surface area contributed by atoms with E-state index < -0.39 is 5.91 Å². The number of likely N-dealkylation sites (tertiary alicyclic amines) is 1. The molecule has 1 aromatic heterocycles. The molecule has 2 aromatic rings. The quantitative estimate of drug-likeness (QED) is 0.545. The van der Waals surface area contributed by atoms with Gasteiger partial charge in [-0.05, 0) is 63.0 Å². The molecule has 29 heavy (non-hydrogen) atoms. The Bertz CT molecular complexity index is 829. The number of benzene rings is 1. The summed E-state index contributed by atoms with van der Waals surface area (Å²) in [5, 5.41) is 7.91. The third-order valence-electron chi connectivity index (χ3n) is 5.05. The van der Waals surface area contributed by atoms with Crippen molar-refractivity contribution in [2.75, 3.05) is 38.6 Å². The van der Waals surface area contributed by atoms with Gasteiger partial charge >= 0.3 is 6.03 Å². The molecule has 0 aliphatic carbocycles. The number of hydrogen-bond acceptors (Lipinski definition) is 5. The first-order valence-corrected chi connectivity index (χ1v) is 10.8. The molecular weight excluding hydrogens is 388 g/mol. The van der Waals surface area contributed by atoms with E-state index in [4.69, 9.17) is 10.5 Å². The molecule has 3 amide bonds. The number of thiophene rings is 1. The van der Waals surface area contributed by atoms with E-state index in [1.54, 1.807) is 7.11 Å². The second-order valence-corrected chi connectivity index (χ2v) is 7.96. The number of hydrogen-bond donors (Lipinski definition) is 3. The zero-order valence-electron chi connectivity index (χ0n) is 16.7. The third kappa shape index (κ3) is 5.71. The predicted molar refractivity (Wildman–Crippen MR) is 117 cm³/mol. The van der Waals surface area contributed by atoms with Gasteiger partial charge in [0.2, 0.25) is 0 Å². The molecule has 1 aromatic carbocycles. The van der Waals surface area contributed by atoms with E-state index in [1.165, 1.54) is 37.3 Å². The normalized spacial score (nSPS) is 14.0. The van der Waals surface area contributed by atoms with Crippen LogP contribution in [0, 0.1) is 0 Å². The van der Waals surface area contributed by atoms with Gasteiger partial charge in [-0.25, -0.2) is 4.79 Å². The number of nitrogens with zero attached hydrogens (tertiary/aromatic N) is 1. The highest BCUT2D eigenvalue weighted by atomic mass is 32.1. The summed E-state index contributed by atoms with van der Waals surface area (Å²) in [4.78, 5) is 26.7. The van der Waals surface area contributed by atoms with Crippen LogP contribution in [0.2, 0.25) is 0 Å². The maximum atomic E-state index is 12.2. The van der Waals surface area contributed by atoms with E-state index in [-0.39, 0.29) is 6.03 Å². The van der Waals surface area contributed by atoms with Gasteiger partial charge in [0.1, 0.15) is 10.8 Å². The number of amides is 3. The van der Waals surface area contributed by atoms with Crippen LogP contribution in [0.15, 0.2) is 29.6 Å². The number of anilines is 1. The number of urea groups is 1. The Kier molecular flexibility index (Phi) is 7.48. The Balaban J connectivity index is 1.54. The molecular formula is C21H28N4O3S. The number of nitrogens with two attached hydrogens (primary N) is 1. The lowest BCUT2D eigenvalue weighted by Gasteiger charge is -2.14. The number of carbonyl (C=O) groups is 2. The first kappa shape index (κ1) is 21.1. The van der Waals surface area contributed by atoms with Crippen molar-refractivity contribution in [1.82, 2.24) is 10.2 Å². The summed E-state index contributed by atoms with van der Waals surface area (Å²) in [6.45, 7) is 4.07. The SMILES string of the molecule is COc1ccc(-c2csc(NC(=O)NCCCCN3CCCC3)c2C(N)=O)cc1. The van der Waals surface area contributed by atoms with Crippen LogP contribution in [0.5, 0.6) is 5.75 Å². The Morgan fingerprint density at radius 3 is 2.55 bits per heavy atom. The fourth-order valence-electron chi connectivity index (χ4n) is 3.49. The number of nitrogens with one attached hydrogen (secondary N) is 2. The summed E-state index contributed by atoms with van der Waals surface area (Å²) >= 11 is 1.29. The first-order chi connectivity index (χ1) is 14.1. The summed E-state index contributed by atoms with van der Waals surface area (Å²) in [7, 11) is 1.60. The molecule has 7 nitrogen and oxygen atoms in total. The minimum atomic E-state index is -0.571. The van der Waals surface area contributed by atoms with E-state index >= 15 is 0 Å². The summed E-state index contributed by atoms with van der Waals surface area (Å²) in [5.41, 5.74) is 7.46. The fraction of sp³-hybridized carbons (Fsp3) is 0.429. The molecule has 4 N–H and O–H groups in total. The molecule has 1 aliphatic heterocycles. The number of rotatable bonds is 9. The van der Waals surface area contributed by atoms with Crippen LogP contribution in [-0.2, 0) is 0 Å². The van der Waals surface area contributed by atoms with Gasteiger partial charge in [0, 0.05) is 17.5 Å². The van der Waals surface area contributed by atoms with Crippen LogP contribution in [-0.4, -0.2) is 50.1 Å². The minimum Gasteiger partial charge on any atom is -0.497 e. The Morgan fingerprint density at radius 1 is 1.17 bits per heavy atom. The maximum Gasteiger partial charge on any atom is 0.319 e. The van der Waals surface area contributed by atoms with Crippen LogP contribution < -0.4 is 21.1 Å². The van der Waals surface area contributed by atoms with Crippen molar-refractivity contribution in [2.45, 2.75) is 25.7 Å². The molecule has 0 radical (unpaired) electrons. The van der Waals surface area contributed by atoms with Crippen molar-refractivity contribution in [3.63, 3.8) is 0 Å². The molecule has 0 unspecified atom stereocenters. The standard InChI is InChI=1S/C21H28N4O3S/c1-28-16-8-6-15(7-9-16)17-14-29-20(18(17)19(22)26)24-21(27)23-10-2-3-11-25-12-4-5-13-25/h6-9,14H,2-5,10-13H2,1H3,(H2,22,26)(H2,23,24,27). The molecule has 1 saturated heterocycles. The van der Waals surface area contributed by atoms with Crippen LogP contribution in [0.3, 0.4) is 0 Å². The molecule has 3 rings (SSSR count). The summed E-state index contributed by atoms with van der Waals surface area (Å²) < 4.78 is 5.17. The molecule has 2 heterocycles. The topological polar surface area (TPSA) is 96.7 Å². The predicted octanol–water partition coefficient (Wildman–Crippen LogP) is 3.52. The number of carbonyl (C=O) groups excluding carboxylic acids is 2. The second-order valence-electron chi connectivity index (χ2n) is 7.08. The number of primary amides is 1. The first-order valence-electron chi connectivity index (χ1n) is 9.91. The van der Waals surface area contributed by atoms with Gasteiger partial charge < -0.3 is 20.7 Å². The van der Waals surface area contributed by atoms with E-state index in [2.05, 4.69) is 15.5 Å². The lowest BCUT2D eigenvalue weighted by molar-refractivity contribution is 0.100. The molecule has 0 atom stereocenters.